The molecule has 2 aromatic rings. The Morgan fingerprint density at radius 3 is 2.54 bits per heavy atom. The summed E-state index contributed by atoms with van der Waals surface area (Å²) < 4.78 is 19.2. The van der Waals surface area contributed by atoms with Crippen molar-refractivity contribution in [2.45, 2.75) is 40.3 Å². The van der Waals surface area contributed by atoms with Crippen molar-refractivity contribution in [1.29, 1.82) is 0 Å². The number of nitrogens with two attached hydrogens (primary N) is 1. The van der Waals surface area contributed by atoms with Crippen molar-refractivity contribution in [2.24, 2.45) is 5.73 Å². The SMILES string of the molecule is CCOP(CCCOc1ccc2nc(CN)n(CC)c2c1)OCC. The molecule has 0 aliphatic carbocycles. The molecule has 7 heteroatoms. The first-order chi connectivity index (χ1) is 11.7. The minimum atomic E-state index is -0.784. The highest BCUT2D eigenvalue weighted by atomic mass is 31.2. The quantitative estimate of drug-likeness (QED) is 0.493. The van der Waals surface area contributed by atoms with E-state index in [0.717, 1.165) is 41.7 Å². The lowest BCUT2D eigenvalue weighted by atomic mass is 10.3. The van der Waals surface area contributed by atoms with E-state index in [1.165, 1.54) is 0 Å². The fourth-order valence-corrected chi connectivity index (χ4v) is 3.88. The van der Waals surface area contributed by atoms with Crippen molar-refractivity contribution >= 4 is 19.4 Å². The number of rotatable bonds is 11. The van der Waals surface area contributed by atoms with E-state index in [9.17, 15) is 0 Å². The molecule has 0 saturated heterocycles. The third-order valence-corrected chi connectivity index (χ3v) is 5.37. The molecule has 0 unspecified atom stereocenters. The summed E-state index contributed by atoms with van der Waals surface area (Å²) in [5, 5.41) is 0. The Morgan fingerprint density at radius 2 is 1.92 bits per heavy atom. The van der Waals surface area contributed by atoms with Gasteiger partial charge >= 0.3 is 0 Å². The molecule has 0 spiro atoms. The zero-order valence-corrected chi connectivity index (χ0v) is 15.7. The highest BCUT2D eigenvalue weighted by Crippen LogP contribution is 2.38. The number of hydrogen-bond acceptors (Lipinski definition) is 5. The first-order valence-corrected chi connectivity index (χ1v) is 9.95. The van der Waals surface area contributed by atoms with Crippen LogP contribution in [-0.2, 0) is 22.1 Å². The third kappa shape index (κ3) is 4.90. The monoisotopic (exact) mass is 353 g/mol. The van der Waals surface area contributed by atoms with E-state index in [1.807, 2.05) is 32.0 Å². The van der Waals surface area contributed by atoms with Gasteiger partial charge in [0.05, 0.1) is 37.4 Å². The van der Waals surface area contributed by atoms with Crippen LogP contribution in [-0.4, -0.2) is 35.5 Å². The number of fused-ring (bicyclic) bond motifs is 1. The summed E-state index contributed by atoms with van der Waals surface area (Å²) in [6.45, 7) is 9.39. The molecule has 0 fully saturated rings. The normalized spacial score (nSPS) is 11.5. The number of nitrogens with zero attached hydrogens (tertiary/aromatic N) is 2. The molecule has 1 aromatic heterocycles. The standard InChI is InChI=1S/C17H28N3O3P/c1-4-20-16-12-14(8-9-15(16)19-17(20)13-18)21-10-7-11-24(22-5-2)23-6-3/h8-9,12H,4-7,10-11,13,18H2,1-3H3. The predicted octanol–water partition coefficient (Wildman–Crippen LogP) is 3.67. The molecule has 0 bridgehead atoms. The van der Waals surface area contributed by atoms with Gasteiger partial charge in [-0.05, 0) is 39.3 Å². The van der Waals surface area contributed by atoms with E-state index in [1.54, 1.807) is 0 Å². The van der Waals surface area contributed by atoms with Crippen molar-refractivity contribution in [1.82, 2.24) is 9.55 Å². The average molecular weight is 353 g/mol. The summed E-state index contributed by atoms with van der Waals surface area (Å²) in [6.07, 6.45) is 1.80. The van der Waals surface area contributed by atoms with Gasteiger partial charge < -0.3 is 24.1 Å². The number of ether oxygens (including phenoxy) is 1. The third-order valence-electron chi connectivity index (χ3n) is 3.60. The Balaban J connectivity index is 1.93. The molecule has 1 heterocycles. The molecule has 0 aliphatic heterocycles. The molecule has 0 saturated carbocycles. The lowest BCUT2D eigenvalue weighted by Gasteiger charge is -2.15. The van der Waals surface area contributed by atoms with Crippen LogP contribution in [0, 0.1) is 0 Å². The van der Waals surface area contributed by atoms with E-state index in [4.69, 9.17) is 19.5 Å². The second kappa shape index (κ2) is 9.94. The van der Waals surface area contributed by atoms with Crippen LogP contribution in [0.4, 0.5) is 0 Å². The van der Waals surface area contributed by atoms with E-state index in [-0.39, 0.29) is 0 Å². The largest absolute Gasteiger partial charge is 0.494 e. The van der Waals surface area contributed by atoms with Crippen LogP contribution in [0.2, 0.25) is 0 Å². The summed E-state index contributed by atoms with van der Waals surface area (Å²) in [4.78, 5) is 4.56. The van der Waals surface area contributed by atoms with Crippen molar-refractivity contribution in [3.8, 4) is 5.75 Å². The second-order valence-corrected chi connectivity index (χ2v) is 6.85. The maximum Gasteiger partial charge on any atom is 0.170 e. The first kappa shape index (κ1) is 19.1. The fourth-order valence-electron chi connectivity index (χ4n) is 2.59. The Bertz CT molecular complexity index is 627. The minimum absolute atomic E-state index is 0.442. The van der Waals surface area contributed by atoms with E-state index < -0.39 is 8.38 Å². The molecular weight excluding hydrogens is 325 g/mol. The molecule has 1 aromatic carbocycles. The highest BCUT2D eigenvalue weighted by Gasteiger charge is 2.11. The molecule has 0 aliphatic rings. The van der Waals surface area contributed by atoms with Gasteiger partial charge in [0.15, 0.2) is 8.38 Å². The summed E-state index contributed by atoms with van der Waals surface area (Å²) in [7, 11) is -0.784. The molecule has 2 rings (SSSR count). The van der Waals surface area contributed by atoms with Gasteiger partial charge in [-0.2, -0.15) is 0 Å². The number of aryl methyl sites for hydroxylation is 1. The van der Waals surface area contributed by atoms with Gasteiger partial charge in [0.25, 0.3) is 0 Å². The summed E-state index contributed by atoms with van der Waals surface area (Å²) in [5.74, 6) is 1.77. The molecule has 0 amide bonds. The van der Waals surface area contributed by atoms with Crippen LogP contribution in [0.5, 0.6) is 5.75 Å². The Kier molecular flexibility index (Phi) is 7.92. The maximum atomic E-state index is 5.89. The van der Waals surface area contributed by atoms with Gasteiger partial charge in [0.1, 0.15) is 11.6 Å². The number of benzene rings is 1. The Hall–Kier alpha value is -1.20. The summed E-state index contributed by atoms with van der Waals surface area (Å²) in [5.41, 5.74) is 7.80. The van der Waals surface area contributed by atoms with Gasteiger partial charge in [-0.3, -0.25) is 0 Å². The molecule has 0 atom stereocenters. The van der Waals surface area contributed by atoms with E-state index >= 15 is 0 Å². The molecule has 0 radical (unpaired) electrons. The Labute approximate surface area is 145 Å². The second-order valence-electron chi connectivity index (χ2n) is 5.22. The minimum Gasteiger partial charge on any atom is -0.494 e. The van der Waals surface area contributed by atoms with Crippen LogP contribution < -0.4 is 10.5 Å². The van der Waals surface area contributed by atoms with Crippen LogP contribution in [0.3, 0.4) is 0 Å². The van der Waals surface area contributed by atoms with Gasteiger partial charge in [-0.1, -0.05) is 0 Å². The zero-order valence-electron chi connectivity index (χ0n) is 14.8. The average Bonchev–Trinajstić information content (AvgIpc) is 2.96. The maximum absolute atomic E-state index is 5.89. The van der Waals surface area contributed by atoms with Gasteiger partial charge in [-0.15, -0.1) is 0 Å². The number of imidazole rings is 1. The Morgan fingerprint density at radius 1 is 1.17 bits per heavy atom. The van der Waals surface area contributed by atoms with E-state index in [2.05, 4.69) is 16.5 Å². The molecule has 24 heavy (non-hydrogen) atoms. The smallest absolute Gasteiger partial charge is 0.170 e. The molecule has 6 nitrogen and oxygen atoms in total. The van der Waals surface area contributed by atoms with Crippen molar-refractivity contribution in [3.05, 3.63) is 24.0 Å². The van der Waals surface area contributed by atoms with Crippen LogP contribution >= 0.6 is 8.38 Å². The number of hydrogen-bond donors (Lipinski definition) is 1. The van der Waals surface area contributed by atoms with E-state index in [0.29, 0.717) is 26.4 Å². The zero-order chi connectivity index (χ0) is 17.4. The van der Waals surface area contributed by atoms with Crippen LogP contribution in [0.1, 0.15) is 33.0 Å². The van der Waals surface area contributed by atoms with Crippen molar-refractivity contribution in [3.63, 3.8) is 0 Å². The van der Waals surface area contributed by atoms with Gasteiger partial charge in [-0.25, -0.2) is 4.98 Å². The van der Waals surface area contributed by atoms with Gasteiger partial charge in [0.2, 0.25) is 0 Å². The highest BCUT2D eigenvalue weighted by molar-refractivity contribution is 7.47. The number of aromatic nitrogens is 2. The van der Waals surface area contributed by atoms with Gasteiger partial charge in [0, 0.05) is 18.8 Å². The van der Waals surface area contributed by atoms with Crippen molar-refractivity contribution < 1.29 is 13.8 Å². The lowest BCUT2D eigenvalue weighted by Crippen LogP contribution is -2.07. The lowest BCUT2D eigenvalue weighted by molar-refractivity contribution is 0.263. The summed E-state index contributed by atoms with van der Waals surface area (Å²) >= 11 is 0. The fraction of sp³-hybridized carbons (Fsp3) is 0.588. The summed E-state index contributed by atoms with van der Waals surface area (Å²) in [6, 6.07) is 5.99. The molecule has 134 valence electrons. The van der Waals surface area contributed by atoms with Crippen molar-refractivity contribution in [2.75, 3.05) is 26.0 Å². The first-order valence-electron chi connectivity index (χ1n) is 8.58. The predicted molar refractivity (Wildman–Crippen MR) is 98.4 cm³/mol. The topological polar surface area (TPSA) is 71.5 Å². The van der Waals surface area contributed by atoms with Crippen LogP contribution in [0.25, 0.3) is 11.0 Å². The molecule has 2 N–H and O–H groups in total. The molecular formula is C17H28N3O3P. The van der Waals surface area contributed by atoms with Crippen LogP contribution in [0.15, 0.2) is 18.2 Å².